The van der Waals surface area contributed by atoms with Gasteiger partial charge < -0.3 is 19.9 Å². The van der Waals surface area contributed by atoms with Crippen LogP contribution in [0.2, 0.25) is 0 Å². The zero-order valence-electron chi connectivity index (χ0n) is 18.4. The minimum atomic E-state index is -0.205. The highest BCUT2D eigenvalue weighted by Crippen LogP contribution is 2.36. The molecule has 2 aliphatic rings. The molecular weight excluding hydrogens is 407 g/mol. The number of benzene rings is 2. The van der Waals surface area contributed by atoms with Crippen molar-refractivity contribution in [3.05, 3.63) is 63.7 Å². The number of fused-ring (bicyclic) bond motifs is 3. The molecule has 0 amide bonds. The second-order valence-corrected chi connectivity index (χ2v) is 8.53. The molecule has 6 nitrogen and oxygen atoms in total. The monoisotopic (exact) mass is 436 g/mol. The molecule has 32 heavy (non-hydrogen) atoms. The molecule has 168 valence electrons. The van der Waals surface area contributed by atoms with Crippen LogP contribution in [0.15, 0.2) is 41.2 Å². The molecule has 0 atom stereocenters. The van der Waals surface area contributed by atoms with Crippen molar-refractivity contribution >= 4 is 22.3 Å². The third-order valence-electron chi connectivity index (χ3n) is 6.41. The number of hydrogen-bond donors (Lipinski definition) is 2. The maximum atomic E-state index is 13.2. The number of aromatic nitrogens is 1. The summed E-state index contributed by atoms with van der Waals surface area (Å²) in [5, 5.41) is 4.41. The summed E-state index contributed by atoms with van der Waals surface area (Å²) in [5.74, 6) is 0.621. The van der Waals surface area contributed by atoms with Crippen LogP contribution in [0.1, 0.15) is 24.5 Å². The molecule has 0 unspecified atom stereocenters. The average Bonchev–Trinajstić information content (AvgIpc) is 2.80. The number of H-pyrrole nitrogens is 1. The first kappa shape index (κ1) is 20.8. The van der Waals surface area contributed by atoms with Gasteiger partial charge in [-0.05, 0) is 61.7 Å². The van der Waals surface area contributed by atoms with Gasteiger partial charge in [-0.25, -0.2) is 4.39 Å². The van der Waals surface area contributed by atoms with Gasteiger partial charge in [0.05, 0.1) is 23.2 Å². The number of hydrogen-bond acceptors (Lipinski definition) is 5. The highest BCUT2D eigenvalue weighted by atomic mass is 19.1. The van der Waals surface area contributed by atoms with Crippen LogP contribution in [-0.2, 0) is 13.0 Å². The highest BCUT2D eigenvalue weighted by molar-refractivity contribution is 5.98. The van der Waals surface area contributed by atoms with Crippen molar-refractivity contribution in [3.63, 3.8) is 0 Å². The number of halogens is 1. The largest absolute Gasteiger partial charge is 0.493 e. The Hall–Kier alpha value is -3.06. The van der Waals surface area contributed by atoms with Gasteiger partial charge in [-0.1, -0.05) is 0 Å². The number of pyridine rings is 1. The van der Waals surface area contributed by atoms with E-state index in [4.69, 9.17) is 4.74 Å². The van der Waals surface area contributed by atoms with Crippen LogP contribution in [-0.4, -0.2) is 49.2 Å². The first-order valence-electron chi connectivity index (χ1n) is 11.4. The lowest BCUT2D eigenvalue weighted by molar-refractivity contribution is 0.249. The summed E-state index contributed by atoms with van der Waals surface area (Å²) in [7, 11) is 0. The second kappa shape index (κ2) is 8.82. The van der Waals surface area contributed by atoms with Crippen molar-refractivity contribution in [1.82, 2.24) is 9.88 Å². The van der Waals surface area contributed by atoms with Crippen molar-refractivity contribution in [2.24, 2.45) is 0 Å². The van der Waals surface area contributed by atoms with Crippen molar-refractivity contribution in [3.8, 4) is 5.75 Å². The topological polar surface area (TPSA) is 60.6 Å². The molecule has 3 heterocycles. The number of rotatable bonds is 5. The Bertz CT molecular complexity index is 1170. The molecular formula is C25H29FN4O2. The quantitative estimate of drug-likeness (QED) is 0.638. The zero-order chi connectivity index (χ0) is 22.1. The smallest absolute Gasteiger partial charge is 0.253 e. The van der Waals surface area contributed by atoms with Gasteiger partial charge >= 0.3 is 0 Å². The molecule has 0 bridgehead atoms. The molecule has 0 saturated carbocycles. The first-order valence-corrected chi connectivity index (χ1v) is 11.4. The summed E-state index contributed by atoms with van der Waals surface area (Å²) in [6.45, 7) is 7.85. The van der Waals surface area contributed by atoms with Crippen LogP contribution in [0.25, 0.3) is 10.9 Å². The van der Waals surface area contributed by atoms with E-state index in [1.165, 1.54) is 12.1 Å². The molecule has 7 heteroatoms. The van der Waals surface area contributed by atoms with E-state index in [0.29, 0.717) is 6.61 Å². The maximum absolute atomic E-state index is 13.2. The van der Waals surface area contributed by atoms with Crippen molar-refractivity contribution in [2.75, 3.05) is 49.5 Å². The second-order valence-electron chi connectivity index (χ2n) is 8.53. The molecule has 1 saturated heterocycles. The Morgan fingerprint density at radius 1 is 1.09 bits per heavy atom. The lowest BCUT2D eigenvalue weighted by Crippen LogP contribution is -2.45. The first-order chi connectivity index (χ1) is 15.6. The molecule has 2 aromatic carbocycles. The lowest BCUT2D eigenvalue weighted by Gasteiger charge is -2.36. The fourth-order valence-corrected chi connectivity index (χ4v) is 4.84. The average molecular weight is 437 g/mol. The maximum Gasteiger partial charge on any atom is 0.253 e. The van der Waals surface area contributed by atoms with Crippen LogP contribution in [0.4, 0.5) is 15.8 Å². The van der Waals surface area contributed by atoms with E-state index in [9.17, 15) is 9.18 Å². The third-order valence-corrected chi connectivity index (χ3v) is 6.41. The van der Waals surface area contributed by atoms with Gasteiger partial charge in [-0.3, -0.25) is 9.69 Å². The normalized spacial score (nSPS) is 16.6. The predicted molar refractivity (Wildman–Crippen MR) is 126 cm³/mol. The fourth-order valence-electron chi connectivity index (χ4n) is 4.84. The number of aromatic amines is 1. The van der Waals surface area contributed by atoms with Crippen LogP contribution in [0.5, 0.6) is 5.75 Å². The Morgan fingerprint density at radius 3 is 2.62 bits per heavy atom. The van der Waals surface area contributed by atoms with E-state index < -0.39 is 0 Å². The zero-order valence-corrected chi connectivity index (χ0v) is 18.4. The molecule has 3 aromatic rings. The van der Waals surface area contributed by atoms with Gasteiger partial charge in [-0.2, -0.15) is 0 Å². The molecule has 2 aliphatic heterocycles. The van der Waals surface area contributed by atoms with Gasteiger partial charge in [0.1, 0.15) is 11.6 Å². The Labute approximate surface area is 187 Å². The number of nitrogens with one attached hydrogen (secondary N) is 2. The molecule has 0 aliphatic carbocycles. The summed E-state index contributed by atoms with van der Waals surface area (Å²) in [6, 6.07) is 10.9. The van der Waals surface area contributed by atoms with E-state index >= 15 is 0 Å². The predicted octanol–water partition coefficient (Wildman–Crippen LogP) is 3.75. The molecule has 2 N–H and O–H groups in total. The summed E-state index contributed by atoms with van der Waals surface area (Å²) < 4.78 is 19.2. The Morgan fingerprint density at radius 2 is 1.88 bits per heavy atom. The molecule has 1 fully saturated rings. The SMILES string of the molecule is CCOc1cc(CN2CCN(c3ccc(F)cc3)CC2)cc2[nH]c(=O)c3c(c12)NCCC3. The number of anilines is 2. The van der Waals surface area contributed by atoms with Crippen LogP contribution >= 0.6 is 0 Å². The van der Waals surface area contributed by atoms with Crippen molar-refractivity contribution in [1.29, 1.82) is 0 Å². The molecule has 1 aromatic heterocycles. The summed E-state index contributed by atoms with van der Waals surface area (Å²) >= 11 is 0. The third kappa shape index (κ3) is 4.05. The van der Waals surface area contributed by atoms with E-state index in [2.05, 4.69) is 32.2 Å². The van der Waals surface area contributed by atoms with Crippen molar-refractivity contribution < 1.29 is 9.13 Å². The van der Waals surface area contributed by atoms with Gasteiger partial charge in [-0.15, -0.1) is 0 Å². The van der Waals surface area contributed by atoms with Crippen LogP contribution < -0.4 is 20.5 Å². The van der Waals surface area contributed by atoms with E-state index in [-0.39, 0.29) is 11.4 Å². The molecule has 0 radical (unpaired) electrons. The lowest BCUT2D eigenvalue weighted by atomic mass is 9.99. The molecule has 0 spiro atoms. The number of piperazine rings is 1. The number of ether oxygens (including phenoxy) is 1. The summed E-state index contributed by atoms with van der Waals surface area (Å²) in [6.07, 6.45) is 1.76. The minimum absolute atomic E-state index is 0.00721. The van der Waals surface area contributed by atoms with Crippen LogP contribution in [0, 0.1) is 5.82 Å². The Balaban J connectivity index is 1.38. The highest BCUT2D eigenvalue weighted by Gasteiger charge is 2.22. The van der Waals surface area contributed by atoms with E-state index in [1.807, 2.05) is 19.1 Å². The van der Waals surface area contributed by atoms with Crippen molar-refractivity contribution in [2.45, 2.75) is 26.3 Å². The fraction of sp³-hybridized carbons (Fsp3) is 0.400. The molecule has 5 rings (SSSR count). The summed E-state index contributed by atoms with van der Waals surface area (Å²) in [4.78, 5) is 20.5. The summed E-state index contributed by atoms with van der Waals surface area (Å²) in [5.41, 5.74) is 4.77. The van der Waals surface area contributed by atoms with Gasteiger partial charge in [0.2, 0.25) is 0 Å². The van der Waals surface area contributed by atoms with E-state index in [1.54, 1.807) is 0 Å². The van der Waals surface area contributed by atoms with Crippen LogP contribution in [0.3, 0.4) is 0 Å². The van der Waals surface area contributed by atoms with E-state index in [0.717, 1.165) is 91.3 Å². The standard InChI is InChI=1S/C25H29FN4O2/c1-2-32-22-15-17(14-21-23(22)24-20(25(31)28-21)4-3-9-27-24)16-29-10-12-30(13-11-29)19-7-5-18(26)6-8-19/h5-8,14-15,27H,2-4,9-13,16H2,1H3,(H,28,31). The minimum Gasteiger partial charge on any atom is -0.493 e. The van der Waals surface area contributed by atoms with Gasteiger partial charge in [0.15, 0.2) is 0 Å². The Kier molecular flexibility index (Phi) is 5.74. The van der Waals surface area contributed by atoms with Gasteiger partial charge in [0, 0.05) is 50.5 Å². The van der Waals surface area contributed by atoms with Gasteiger partial charge in [0.25, 0.3) is 5.56 Å². The number of nitrogens with zero attached hydrogens (tertiary/aromatic N) is 2.